The Kier molecular flexibility index (Phi) is 1.95. The number of nitrogens with zero attached hydrogens (tertiary/aromatic N) is 3. The third-order valence-electron chi connectivity index (χ3n) is 3.71. The molecule has 0 bridgehead atoms. The average molecular weight is 252 g/mol. The maximum absolute atomic E-state index is 12.0. The summed E-state index contributed by atoms with van der Waals surface area (Å²) in [5.74, 6) is 0.695. The Labute approximate surface area is 109 Å². The minimum atomic E-state index is -0.302. The van der Waals surface area contributed by atoms with Crippen molar-refractivity contribution >= 4 is 16.9 Å². The van der Waals surface area contributed by atoms with Crippen LogP contribution in [-0.4, -0.2) is 14.5 Å². The SMILES string of the molecule is Nc1nc2n3c4c(cccc4cc-2c(=O)n1)CCC3. The Morgan fingerprint density at radius 2 is 2.16 bits per heavy atom. The van der Waals surface area contributed by atoms with Crippen molar-refractivity contribution in [2.75, 3.05) is 5.73 Å². The summed E-state index contributed by atoms with van der Waals surface area (Å²) in [6.07, 6.45) is 2.11. The van der Waals surface area contributed by atoms with Crippen LogP contribution in [0.3, 0.4) is 0 Å². The molecule has 0 spiro atoms. The molecule has 2 N–H and O–H groups in total. The van der Waals surface area contributed by atoms with Gasteiger partial charge in [-0.05, 0) is 29.9 Å². The lowest BCUT2D eigenvalue weighted by Crippen LogP contribution is -2.22. The van der Waals surface area contributed by atoms with Gasteiger partial charge in [0.2, 0.25) is 5.95 Å². The molecule has 94 valence electrons. The predicted molar refractivity (Wildman–Crippen MR) is 73.2 cm³/mol. The maximum Gasteiger partial charge on any atom is 0.284 e. The normalized spacial score (nSPS) is 14.1. The summed E-state index contributed by atoms with van der Waals surface area (Å²) in [6.45, 7) is 0.862. The predicted octanol–water partition coefficient (Wildman–Crippen LogP) is 1.42. The van der Waals surface area contributed by atoms with E-state index in [1.54, 1.807) is 0 Å². The van der Waals surface area contributed by atoms with Crippen LogP contribution in [0.5, 0.6) is 0 Å². The van der Waals surface area contributed by atoms with Crippen molar-refractivity contribution in [3.05, 3.63) is 40.2 Å². The van der Waals surface area contributed by atoms with Gasteiger partial charge in [-0.1, -0.05) is 18.2 Å². The highest BCUT2D eigenvalue weighted by molar-refractivity contribution is 5.88. The molecule has 0 aromatic heterocycles. The molecule has 3 heterocycles. The first-order chi connectivity index (χ1) is 9.24. The molecule has 0 saturated carbocycles. The molecule has 1 aromatic rings. The number of hydrogen-bond donors (Lipinski definition) is 1. The van der Waals surface area contributed by atoms with Gasteiger partial charge in [0.05, 0.1) is 11.1 Å². The van der Waals surface area contributed by atoms with E-state index in [1.165, 1.54) is 11.1 Å². The lowest BCUT2D eigenvalue weighted by molar-refractivity contribution is 0.628. The first-order valence-electron chi connectivity index (χ1n) is 6.33. The Bertz CT molecular complexity index is 837. The van der Waals surface area contributed by atoms with Gasteiger partial charge in [-0.25, -0.2) is 0 Å². The number of rotatable bonds is 0. The van der Waals surface area contributed by atoms with Crippen LogP contribution < -0.4 is 11.3 Å². The molecule has 1 aromatic carbocycles. The van der Waals surface area contributed by atoms with Crippen molar-refractivity contribution in [2.45, 2.75) is 19.4 Å². The Hall–Kier alpha value is -2.43. The van der Waals surface area contributed by atoms with Gasteiger partial charge in [0.15, 0.2) is 0 Å². The first-order valence-corrected chi connectivity index (χ1v) is 6.33. The number of aromatic nitrogens is 3. The molecule has 3 aliphatic heterocycles. The lowest BCUT2D eigenvalue weighted by atomic mass is 9.99. The fourth-order valence-corrected chi connectivity index (χ4v) is 2.95. The summed E-state index contributed by atoms with van der Waals surface area (Å²) in [5.41, 5.74) is 8.32. The largest absolute Gasteiger partial charge is 0.368 e. The Morgan fingerprint density at radius 3 is 3.05 bits per heavy atom. The minimum Gasteiger partial charge on any atom is -0.368 e. The first kappa shape index (κ1) is 10.5. The number of nitrogen functional groups attached to an aromatic ring is 1. The number of fused-ring (bicyclic) bond motifs is 2. The van der Waals surface area contributed by atoms with Crippen molar-refractivity contribution in [1.82, 2.24) is 14.5 Å². The summed E-state index contributed by atoms with van der Waals surface area (Å²) in [5, 5.41) is 1.06. The van der Waals surface area contributed by atoms with Crippen LogP contribution in [0.1, 0.15) is 12.0 Å². The molecule has 5 nitrogen and oxygen atoms in total. The topological polar surface area (TPSA) is 73.8 Å². The van der Waals surface area contributed by atoms with Crippen LogP contribution in [0.4, 0.5) is 5.95 Å². The number of benzene rings is 1. The van der Waals surface area contributed by atoms with Gasteiger partial charge in [-0.2, -0.15) is 9.97 Å². The summed E-state index contributed by atoms with van der Waals surface area (Å²) in [4.78, 5) is 20.0. The van der Waals surface area contributed by atoms with Crippen LogP contribution in [0.2, 0.25) is 0 Å². The highest BCUT2D eigenvalue weighted by Gasteiger charge is 2.20. The second-order valence-electron chi connectivity index (χ2n) is 4.88. The van der Waals surface area contributed by atoms with Gasteiger partial charge in [-0.15, -0.1) is 0 Å². The van der Waals surface area contributed by atoms with Crippen molar-refractivity contribution < 1.29 is 0 Å². The second-order valence-corrected chi connectivity index (χ2v) is 4.88. The van der Waals surface area contributed by atoms with Crippen LogP contribution in [-0.2, 0) is 13.0 Å². The fourth-order valence-electron chi connectivity index (χ4n) is 2.95. The number of para-hydroxylation sites is 1. The molecule has 4 rings (SSSR count). The van der Waals surface area contributed by atoms with Gasteiger partial charge in [0.25, 0.3) is 5.56 Å². The zero-order chi connectivity index (χ0) is 13.0. The van der Waals surface area contributed by atoms with Crippen LogP contribution in [0, 0.1) is 0 Å². The highest BCUT2D eigenvalue weighted by Crippen LogP contribution is 2.31. The maximum atomic E-state index is 12.0. The smallest absolute Gasteiger partial charge is 0.284 e. The lowest BCUT2D eigenvalue weighted by Gasteiger charge is -2.23. The molecule has 0 aliphatic carbocycles. The van der Waals surface area contributed by atoms with E-state index in [0.29, 0.717) is 11.4 Å². The molecule has 0 radical (unpaired) electrons. The number of anilines is 1. The quantitative estimate of drug-likeness (QED) is 0.614. The number of aryl methyl sites for hydroxylation is 2. The van der Waals surface area contributed by atoms with Crippen LogP contribution in [0.15, 0.2) is 29.1 Å². The van der Waals surface area contributed by atoms with E-state index in [4.69, 9.17) is 5.73 Å². The monoisotopic (exact) mass is 252 g/mol. The Balaban J connectivity index is 2.29. The Morgan fingerprint density at radius 1 is 1.26 bits per heavy atom. The molecular formula is C14H12N4O. The molecule has 0 atom stereocenters. The molecule has 0 saturated heterocycles. The number of nitrogens with two attached hydrogens (primary N) is 1. The third kappa shape index (κ3) is 1.38. The van der Waals surface area contributed by atoms with E-state index in [-0.39, 0.29) is 11.5 Å². The molecule has 5 heteroatoms. The molecule has 0 amide bonds. The zero-order valence-electron chi connectivity index (χ0n) is 10.3. The van der Waals surface area contributed by atoms with Crippen LogP contribution >= 0.6 is 0 Å². The van der Waals surface area contributed by atoms with E-state index in [0.717, 1.165) is 24.8 Å². The summed E-state index contributed by atoms with van der Waals surface area (Å²) in [7, 11) is 0. The average Bonchev–Trinajstić information content (AvgIpc) is 2.41. The standard InChI is InChI=1S/C14H12N4O/c15-14-16-12-10(13(19)17-14)7-9-4-1-3-8-5-2-6-18(12)11(8)9/h1,3-4,7H,2,5-6H2,(H2,15,17,19). The van der Waals surface area contributed by atoms with E-state index >= 15 is 0 Å². The zero-order valence-corrected chi connectivity index (χ0v) is 10.3. The van der Waals surface area contributed by atoms with E-state index in [2.05, 4.69) is 20.6 Å². The molecular weight excluding hydrogens is 240 g/mol. The number of hydrogen-bond acceptors (Lipinski definition) is 4. The van der Waals surface area contributed by atoms with E-state index in [9.17, 15) is 4.79 Å². The van der Waals surface area contributed by atoms with Crippen molar-refractivity contribution in [3.8, 4) is 11.4 Å². The third-order valence-corrected chi connectivity index (χ3v) is 3.71. The van der Waals surface area contributed by atoms with E-state index < -0.39 is 0 Å². The summed E-state index contributed by atoms with van der Waals surface area (Å²) in [6, 6.07) is 8.06. The minimum absolute atomic E-state index is 0.0451. The van der Waals surface area contributed by atoms with E-state index in [1.807, 2.05) is 18.2 Å². The summed E-state index contributed by atoms with van der Waals surface area (Å²) < 4.78 is 2.10. The molecule has 19 heavy (non-hydrogen) atoms. The van der Waals surface area contributed by atoms with Crippen molar-refractivity contribution in [1.29, 1.82) is 0 Å². The second kappa shape index (κ2) is 3.54. The van der Waals surface area contributed by atoms with Gasteiger partial charge in [-0.3, -0.25) is 4.79 Å². The van der Waals surface area contributed by atoms with Crippen molar-refractivity contribution in [2.24, 2.45) is 0 Å². The van der Waals surface area contributed by atoms with Gasteiger partial charge < -0.3 is 10.3 Å². The van der Waals surface area contributed by atoms with Crippen LogP contribution in [0.25, 0.3) is 22.3 Å². The molecule has 3 aliphatic rings. The fraction of sp³-hybridized carbons (Fsp3) is 0.214. The highest BCUT2D eigenvalue weighted by atomic mass is 16.1. The van der Waals surface area contributed by atoms with Crippen molar-refractivity contribution in [3.63, 3.8) is 0 Å². The van der Waals surface area contributed by atoms with Gasteiger partial charge >= 0.3 is 0 Å². The van der Waals surface area contributed by atoms with Gasteiger partial charge in [0, 0.05) is 6.54 Å². The molecule has 0 unspecified atom stereocenters. The summed E-state index contributed by atoms with van der Waals surface area (Å²) >= 11 is 0. The molecule has 0 fully saturated rings. The number of pyridine rings is 1. The van der Waals surface area contributed by atoms with Gasteiger partial charge in [0.1, 0.15) is 5.82 Å².